The minimum absolute atomic E-state index is 0.170. The second kappa shape index (κ2) is 8.63. The minimum atomic E-state index is -3.46. The molecular formula is C15H24N4O4S2. The summed E-state index contributed by atoms with van der Waals surface area (Å²) in [6.07, 6.45) is 0. The van der Waals surface area contributed by atoms with Gasteiger partial charge < -0.3 is 15.0 Å². The lowest BCUT2D eigenvalue weighted by atomic mass is 9.99. The number of ether oxygens (including phenoxy) is 1. The molecule has 10 heteroatoms. The van der Waals surface area contributed by atoms with Gasteiger partial charge in [-0.15, -0.1) is 11.3 Å². The summed E-state index contributed by atoms with van der Waals surface area (Å²) in [5.74, 6) is 0.423. The highest BCUT2D eigenvalue weighted by atomic mass is 32.2. The number of thiophene rings is 1. The quantitative estimate of drug-likeness (QED) is 0.316. The van der Waals surface area contributed by atoms with Crippen LogP contribution in [-0.2, 0) is 19.6 Å². The summed E-state index contributed by atoms with van der Waals surface area (Å²) in [6, 6.07) is 3.27. The fraction of sp³-hybridized carbons (Fsp3) is 0.600. The van der Waals surface area contributed by atoms with E-state index in [0.717, 1.165) is 0 Å². The van der Waals surface area contributed by atoms with E-state index >= 15 is 0 Å². The van der Waals surface area contributed by atoms with Gasteiger partial charge in [-0.2, -0.15) is 0 Å². The first-order chi connectivity index (χ1) is 11.9. The van der Waals surface area contributed by atoms with Crippen LogP contribution in [0.4, 0.5) is 0 Å². The molecule has 2 N–H and O–H groups in total. The van der Waals surface area contributed by atoms with E-state index in [0.29, 0.717) is 29.8 Å². The Morgan fingerprint density at radius 1 is 1.44 bits per heavy atom. The van der Waals surface area contributed by atoms with Crippen LogP contribution >= 0.6 is 11.3 Å². The number of nitrogens with zero attached hydrogens (tertiary/aromatic N) is 2. The second-order valence-corrected chi connectivity index (χ2v) is 8.76. The third-order valence-corrected chi connectivity index (χ3v) is 6.95. The van der Waals surface area contributed by atoms with Crippen LogP contribution in [0.25, 0.3) is 0 Å². The smallest absolute Gasteiger partial charge is 0.310 e. The maximum absolute atomic E-state index is 12.0. The van der Waals surface area contributed by atoms with Gasteiger partial charge in [-0.05, 0) is 17.4 Å². The Morgan fingerprint density at radius 2 is 2.20 bits per heavy atom. The maximum atomic E-state index is 12.0. The molecule has 8 nitrogen and oxygen atoms in total. The first kappa shape index (κ1) is 19.7. The second-order valence-electron chi connectivity index (χ2n) is 5.82. The van der Waals surface area contributed by atoms with Crippen LogP contribution in [-0.4, -0.2) is 65.6 Å². The molecule has 140 valence electrons. The number of aliphatic imine (C=N–C) groups is 1. The van der Waals surface area contributed by atoms with Crippen molar-refractivity contribution in [3.05, 3.63) is 17.5 Å². The van der Waals surface area contributed by atoms with E-state index in [1.54, 1.807) is 24.6 Å². The number of carbonyl (C=O) groups is 1. The number of sulfonamides is 1. The molecule has 0 saturated carbocycles. The molecule has 1 aliphatic heterocycles. The highest BCUT2D eigenvalue weighted by Crippen LogP contribution is 2.24. The molecule has 0 amide bonds. The standard InChI is InChI=1S/C15H24N4O4S2/c1-11-9-19(10-12(11)14(20)23-3)15(16-2)17-6-7-18-25(21,22)13-5-4-8-24-13/h4-5,8,11-12,18H,6-7,9-10H2,1-3H3,(H,16,17). The predicted molar refractivity (Wildman–Crippen MR) is 97.1 cm³/mol. The summed E-state index contributed by atoms with van der Waals surface area (Å²) < 4.78 is 31.8. The van der Waals surface area contributed by atoms with Crippen LogP contribution in [0.5, 0.6) is 0 Å². The van der Waals surface area contributed by atoms with E-state index < -0.39 is 10.0 Å². The molecule has 1 aromatic rings. The minimum Gasteiger partial charge on any atom is -0.469 e. The Labute approximate surface area is 152 Å². The summed E-state index contributed by atoms with van der Waals surface area (Å²) in [4.78, 5) is 18.0. The fourth-order valence-corrected chi connectivity index (χ4v) is 4.85. The Kier molecular flexibility index (Phi) is 6.79. The van der Waals surface area contributed by atoms with Gasteiger partial charge in [-0.25, -0.2) is 13.1 Å². The Bertz CT molecular complexity index is 703. The summed E-state index contributed by atoms with van der Waals surface area (Å²) in [5.41, 5.74) is 0. The molecule has 0 radical (unpaired) electrons. The summed E-state index contributed by atoms with van der Waals surface area (Å²) in [7, 11) is -0.405. The van der Waals surface area contributed by atoms with Crippen LogP contribution < -0.4 is 10.0 Å². The molecule has 2 rings (SSSR count). The molecule has 0 aliphatic carbocycles. The summed E-state index contributed by atoms with van der Waals surface area (Å²) >= 11 is 1.18. The van der Waals surface area contributed by atoms with Crippen LogP contribution in [0, 0.1) is 11.8 Å². The third kappa shape index (κ3) is 4.93. The lowest BCUT2D eigenvalue weighted by Crippen LogP contribution is -2.43. The molecule has 2 atom stereocenters. The van der Waals surface area contributed by atoms with Gasteiger partial charge in [0.15, 0.2) is 5.96 Å². The van der Waals surface area contributed by atoms with Gasteiger partial charge in [0, 0.05) is 33.2 Å². The summed E-state index contributed by atoms with van der Waals surface area (Å²) in [6.45, 7) is 3.87. The van der Waals surface area contributed by atoms with Crippen LogP contribution in [0.2, 0.25) is 0 Å². The van der Waals surface area contributed by atoms with E-state index in [1.807, 2.05) is 11.8 Å². The molecule has 2 heterocycles. The number of guanidine groups is 1. The van der Waals surface area contributed by atoms with Gasteiger partial charge in [0.1, 0.15) is 4.21 Å². The van der Waals surface area contributed by atoms with Gasteiger partial charge >= 0.3 is 5.97 Å². The summed E-state index contributed by atoms with van der Waals surface area (Å²) in [5, 5.41) is 4.85. The van der Waals surface area contributed by atoms with E-state index in [9.17, 15) is 13.2 Å². The van der Waals surface area contributed by atoms with E-state index in [1.165, 1.54) is 18.4 Å². The van der Waals surface area contributed by atoms with Crippen LogP contribution in [0.3, 0.4) is 0 Å². The number of nitrogens with one attached hydrogen (secondary N) is 2. The van der Waals surface area contributed by atoms with Crippen LogP contribution in [0.15, 0.2) is 26.7 Å². The van der Waals surface area contributed by atoms with Gasteiger partial charge in [0.25, 0.3) is 0 Å². The molecule has 0 aromatic carbocycles. The number of rotatable bonds is 6. The van der Waals surface area contributed by atoms with Crippen molar-refractivity contribution in [3.8, 4) is 0 Å². The van der Waals surface area contributed by atoms with Crippen molar-refractivity contribution >= 4 is 33.3 Å². The molecule has 0 spiro atoms. The van der Waals surface area contributed by atoms with Crippen molar-refractivity contribution in [2.24, 2.45) is 16.8 Å². The molecule has 0 bridgehead atoms. The Balaban J connectivity index is 1.82. The van der Waals surface area contributed by atoms with Crippen molar-refractivity contribution in [3.63, 3.8) is 0 Å². The highest BCUT2D eigenvalue weighted by Gasteiger charge is 2.36. The zero-order valence-electron chi connectivity index (χ0n) is 14.6. The molecule has 1 aromatic heterocycles. The number of carbonyl (C=O) groups excluding carboxylic acids is 1. The average molecular weight is 389 g/mol. The topological polar surface area (TPSA) is 100 Å². The number of esters is 1. The number of methoxy groups -OCH3 is 1. The van der Waals surface area contributed by atoms with E-state index in [2.05, 4.69) is 15.0 Å². The first-order valence-corrected chi connectivity index (χ1v) is 10.3. The molecule has 2 unspecified atom stereocenters. The third-order valence-electron chi connectivity index (χ3n) is 4.09. The van der Waals surface area contributed by atoms with Crippen molar-refractivity contribution in [2.75, 3.05) is 40.3 Å². The molecule has 1 saturated heterocycles. The van der Waals surface area contributed by atoms with Crippen molar-refractivity contribution in [2.45, 2.75) is 11.1 Å². The average Bonchev–Trinajstić information content (AvgIpc) is 3.24. The normalized spacial score (nSPS) is 21.4. The Morgan fingerprint density at radius 3 is 2.80 bits per heavy atom. The lowest BCUT2D eigenvalue weighted by molar-refractivity contribution is -0.145. The monoisotopic (exact) mass is 388 g/mol. The zero-order chi connectivity index (χ0) is 18.4. The first-order valence-electron chi connectivity index (χ1n) is 7.95. The zero-order valence-corrected chi connectivity index (χ0v) is 16.2. The molecular weight excluding hydrogens is 364 g/mol. The maximum Gasteiger partial charge on any atom is 0.310 e. The number of likely N-dealkylation sites (tertiary alicyclic amines) is 1. The highest BCUT2D eigenvalue weighted by molar-refractivity contribution is 7.91. The van der Waals surface area contributed by atoms with Crippen molar-refractivity contribution < 1.29 is 17.9 Å². The molecule has 1 aliphatic rings. The van der Waals surface area contributed by atoms with E-state index in [4.69, 9.17) is 4.74 Å². The lowest BCUT2D eigenvalue weighted by Gasteiger charge is -2.21. The molecule has 1 fully saturated rings. The van der Waals surface area contributed by atoms with Crippen molar-refractivity contribution in [1.29, 1.82) is 0 Å². The van der Waals surface area contributed by atoms with Gasteiger partial charge in [-0.3, -0.25) is 9.79 Å². The van der Waals surface area contributed by atoms with Gasteiger partial charge in [0.2, 0.25) is 10.0 Å². The fourth-order valence-electron chi connectivity index (χ4n) is 2.78. The number of hydrogen-bond acceptors (Lipinski definition) is 6. The van der Waals surface area contributed by atoms with E-state index in [-0.39, 0.29) is 24.3 Å². The SMILES string of the molecule is CN=C(NCCNS(=O)(=O)c1cccs1)N1CC(C)C(C(=O)OC)C1. The van der Waals surface area contributed by atoms with Gasteiger partial charge in [0.05, 0.1) is 13.0 Å². The number of hydrogen-bond donors (Lipinski definition) is 2. The van der Waals surface area contributed by atoms with Crippen LogP contribution in [0.1, 0.15) is 6.92 Å². The van der Waals surface area contributed by atoms with Gasteiger partial charge in [-0.1, -0.05) is 13.0 Å². The van der Waals surface area contributed by atoms with Crippen molar-refractivity contribution in [1.82, 2.24) is 14.9 Å². The predicted octanol–water partition coefficient (Wildman–Crippen LogP) is 0.343. The largest absolute Gasteiger partial charge is 0.469 e. The Hall–Kier alpha value is -1.65. The molecule has 25 heavy (non-hydrogen) atoms.